The van der Waals surface area contributed by atoms with Crippen LogP contribution in [-0.2, 0) is 9.53 Å². The van der Waals surface area contributed by atoms with Crippen LogP contribution in [-0.4, -0.2) is 11.6 Å². The largest absolute Gasteiger partial charge is 0.460 e. The zero-order chi connectivity index (χ0) is 14.9. The van der Waals surface area contributed by atoms with E-state index >= 15 is 0 Å². The molecule has 0 bridgehead atoms. The van der Waals surface area contributed by atoms with E-state index in [1.54, 1.807) is 12.1 Å². The molecule has 20 heavy (non-hydrogen) atoms. The normalized spacial score (nSPS) is 16.9. The molecule has 1 aliphatic rings. The summed E-state index contributed by atoms with van der Waals surface area (Å²) in [6.07, 6.45) is 2.30. The number of hydrogen-bond donors (Lipinski definition) is 0. The Morgan fingerprint density at radius 2 is 2.10 bits per heavy atom. The molecule has 0 saturated heterocycles. The quantitative estimate of drug-likeness (QED) is 0.753. The molecule has 2 nitrogen and oxygen atoms in total. The molecule has 1 aromatic rings. The van der Waals surface area contributed by atoms with E-state index in [4.69, 9.17) is 16.3 Å². The van der Waals surface area contributed by atoms with Crippen LogP contribution in [0.15, 0.2) is 18.2 Å². The number of hydrogen-bond acceptors (Lipinski definition) is 2. The minimum atomic E-state index is -0.510. The Morgan fingerprint density at radius 3 is 2.60 bits per heavy atom. The first-order valence-electron chi connectivity index (χ1n) is 6.93. The number of carbonyl (C=O) groups excluding carboxylic acids is 1. The van der Waals surface area contributed by atoms with E-state index in [-0.39, 0.29) is 24.1 Å². The van der Waals surface area contributed by atoms with E-state index < -0.39 is 5.60 Å². The third kappa shape index (κ3) is 4.20. The molecule has 0 aliphatic heterocycles. The highest BCUT2D eigenvalue weighted by Gasteiger charge is 2.36. The Morgan fingerprint density at radius 1 is 1.45 bits per heavy atom. The van der Waals surface area contributed by atoms with Gasteiger partial charge in [-0.1, -0.05) is 17.7 Å². The first-order chi connectivity index (χ1) is 9.26. The summed E-state index contributed by atoms with van der Waals surface area (Å²) >= 11 is 5.78. The third-order valence-corrected chi connectivity index (χ3v) is 3.59. The zero-order valence-electron chi connectivity index (χ0n) is 12.1. The van der Waals surface area contributed by atoms with Gasteiger partial charge in [0.15, 0.2) is 0 Å². The monoisotopic (exact) mass is 298 g/mol. The maximum atomic E-state index is 14.0. The van der Waals surface area contributed by atoms with Crippen LogP contribution in [0.4, 0.5) is 4.39 Å². The van der Waals surface area contributed by atoms with Crippen molar-refractivity contribution in [3.63, 3.8) is 0 Å². The summed E-state index contributed by atoms with van der Waals surface area (Å²) in [5.74, 6) is -0.345. The predicted molar refractivity (Wildman–Crippen MR) is 77.3 cm³/mol. The second-order valence-electron chi connectivity index (χ2n) is 6.40. The fraction of sp³-hybridized carbons (Fsp3) is 0.562. The SMILES string of the molecule is CC(C)(C)OC(=O)C[C@@H](c1ccc(Cl)cc1F)C1CC1. The average molecular weight is 299 g/mol. The minimum Gasteiger partial charge on any atom is -0.460 e. The Balaban J connectivity index is 2.13. The van der Waals surface area contributed by atoms with Gasteiger partial charge in [0.1, 0.15) is 11.4 Å². The van der Waals surface area contributed by atoms with Gasteiger partial charge in [-0.15, -0.1) is 0 Å². The van der Waals surface area contributed by atoms with Gasteiger partial charge < -0.3 is 4.74 Å². The highest BCUT2D eigenvalue weighted by atomic mass is 35.5. The van der Waals surface area contributed by atoms with Gasteiger partial charge in [0, 0.05) is 10.9 Å². The lowest BCUT2D eigenvalue weighted by Gasteiger charge is -2.22. The maximum absolute atomic E-state index is 14.0. The first-order valence-corrected chi connectivity index (χ1v) is 7.31. The number of ether oxygens (including phenoxy) is 1. The number of rotatable bonds is 4. The summed E-state index contributed by atoms with van der Waals surface area (Å²) in [6.45, 7) is 5.50. The number of carbonyl (C=O) groups is 1. The molecule has 1 aliphatic carbocycles. The summed E-state index contributed by atoms with van der Waals surface area (Å²) in [4.78, 5) is 12.0. The molecule has 1 fully saturated rings. The van der Waals surface area contributed by atoms with Gasteiger partial charge in [-0.3, -0.25) is 4.79 Å². The molecular weight excluding hydrogens is 279 g/mol. The van der Waals surface area contributed by atoms with Crippen molar-refractivity contribution in [3.8, 4) is 0 Å². The van der Waals surface area contributed by atoms with Gasteiger partial charge >= 0.3 is 5.97 Å². The Kier molecular flexibility index (Phi) is 4.38. The highest BCUT2D eigenvalue weighted by Crippen LogP contribution is 2.45. The van der Waals surface area contributed by atoms with Gasteiger partial charge in [-0.25, -0.2) is 4.39 Å². The van der Waals surface area contributed by atoms with E-state index in [0.29, 0.717) is 16.5 Å². The van der Waals surface area contributed by atoms with E-state index in [9.17, 15) is 9.18 Å². The second-order valence-corrected chi connectivity index (χ2v) is 6.84. The van der Waals surface area contributed by atoms with Gasteiger partial charge in [0.2, 0.25) is 0 Å². The van der Waals surface area contributed by atoms with Crippen molar-refractivity contribution in [3.05, 3.63) is 34.6 Å². The molecule has 0 heterocycles. The van der Waals surface area contributed by atoms with Crippen LogP contribution in [0.5, 0.6) is 0 Å². The average Bonchev–Trinajstić information content (AvgIpc) is 3.07. The van der Waals surface area contributed by atoms with Crippen LogP contribution in [0.1, 0.15) is 51.5 Å². The van der Waals surface area contributed by atoms with Crippen molar-refractivity contribution in [2.75, 3.05) is 0 Å². The molecule has 1 atom stereocenters. The van der Waals surface area contributed by atoms with Gasteiger partial charge in [-0.05, 0) is 57.2 Å². The lowest BCUT2D eigenvalue weighted by atomic mass is 9.90. The zero-order valence-corrected chi connectivity index (χ0v) is 12.8. The molecule has 0 aromatic heterocycles. The van der Waals surface area contributed by atoms with E-state index in [1.165, 1.54) is 6.07 Å². The topological polar surface area (TPSA) is 26.3 Å². The first kappa shape index (κ1) is 15.3. The molecule has 110 valence electrons. The fourth-order valence-electron chi connectivity index (χ4n) is 2.39. The molecule has 4 heteroatoms. The molecule has 0 unspecified atom stereocenters. The molecule has 1 aromatic carbocycles. The maximum Gasteiger partial charge on any atom is 0.306 e. The van der Waals surface area contributed by atoms with Crippen molar-refractivity contribution >= 4 is 17.6 Å². The van der Waals surface area contributed by atoms with Gasteiger partial charge in [0.25, 0.3) is 0 Å². The predicted octanol–water partition coefficient (Wildman–Crippen LogP) is 4.70. The molecular formula is C16H20ClFO2. The third-order valence-electron chi connectivity index (χ3n) is 3.36. The van der Waals surface area contributed by atoms with Crippen molar-refractivity contribution in [2.24, 2.45) is 5.92 Å². The molecule has 0 amide bonds. The number of halogens is 2. The van der Waals surface area contributed by atoms with Crippen LogP contribution in [0.2, 0.25) is 5.02 Å². The van der Waals surface area contributed by atoms with Crippen LogP contribution in [0.3, 0.4) is 0 Å². The van der Waals surface area contributed by atoms with Crippen molar-refractivity contribution in [2.45, 2.75) is 51.6 Å². The summed E-state index contributed by atoms with van der Waals surface area (Å²) in [7, 11) is 0. The van der Waals surface area contributed by atoms with E-state index in [1.807, 2.05) is 20.8 Å². The lowest BCUT2D eigenvalue weighted by molar-refractivity contribution is -0.155. The van der Waals surface area contributed by atoms with Crippen LogP contribution in [0.25, 0.3) is 0 Å². The van der Waals surface area contributed by atoms with Crippen molar-refractivity contribution in [1.82, 2.24) is 0 Å². The molecule has 0 N–H and O–H groups in total. The minimum absolute atomic E-state index is 0.109. The van der Waals surface area contributed by atoms with Crippen molar-refractivity contribution in [1.29, 1.82) is 0 Å². The Bertz CT molecular complexity index is 504. The highest BCUT2D eigenvalue weighted by molar-refractivity contribution is 6.30. The Hall–Kier alpha value is -1.09. The molecule has 0 spiro atoms. The van der Waals surface area contributed by atoms with E-state index in [2.05, 4.69) is 0 Å². The van der Waals surface area contributed by atoms with Crippen LogP contribution >= 0.6 is 11.6 Å². The van der Waals surface area contributed by atoms with Crippen LogP contribution < -0.4 is 0 Å². The number of benzene rings is 1. The standard InChI is InChI=1S/C16H20ClFO2/c1-16(2,3)20-15(19)9-13(10-4-5-10)12-7-6-11(17)8-14(12)18/h6-8,10,13H,4-5,9H2,1-3H3/t13-/m1/s1. The van der Waals surface area contributed by atoms with E-state index in [0.717, 1.165) is 12.8 Å². The number of esters is 1. The summed E-state index contributed by atoms with van der Waals surface area (Å²) in [5.41, 5.74) is 0.0618. The Labute approximate surface area is 124 Å². The van der Waals surface area contributed by atoms with Gasteiger partial charge in [-0.2, -0.15) is 0 Å². The van der Waals surface area contributed by atoms with Gasteiger partial charge in [0.05, 0.1) is 6.42 Å². The molecule has 0 radical (unpaired) electrons. The lowest BCUT2D eigenvalue weighted by Crippen LogP contribution is -2.25. The summed E-state index contributed by atoms with van der Waals surface area (Å²) < 4.78 is 19.4. The fourth-order valence-corrected chi connectivity index (χ4v) is 2.55. The van der Waals surface area contributed by atoms with Crippen molar-refractivity contribution < 1.29 is 13.9 Å². The smallest absolute Gasteiger partial charge is 0.306 e. The second kappa shape index (κ2) is 5.72. The molecule has 1 saturated carbocycles. The van der Waals surface area contributed by atoms with Crippen LogP contribution in [0, 0.1) is 11.7 Å². The summed E-state index contributed by atoms with van der Waals surface area (Å²) in [6, 6.07) is 4.66. The summed E-state index contributed by atoms with van der Waals surface area (Å²) in [5, 5.41) is 0.373. The molecule has 2 rings (SSSR count).